The Morgan fingerprint density at radius 2 is 0.617 bits per heavy atom. The quantitative estimate of drug-likeness (QED) is 0.154. The summed E-state index contributed by atoms with van der Waals surface area (Å²) >= 11 is 0. The van der Waals surface area contributed by atoms with E-state index in [1.165, 1.54) is 78.8 Å². The molecule has 0 aliphatic carbocycles. The average Bonchev–Trinajstić information content (AvgIpc) is 3.80. The van der Waals surface area contributed by atoms with Crippen LogP contribution in [0.4, 0.5) is 8.78 Å². The lowest BCUT2D eigenvalue weighted by atomic mass is 9.86. The van der Waals surface area contributed by atoms with Crippen molar-refractivity contribution in [3.63, 3.8) is 0 Å². The predicted octanol–water partition coefficient (Wildman–Crippen LogP) is 15.5. The molecule has 0 bridgehead atoms. The van der Waals surface area contributed by atoms with E-state index in [9.17, 15) is 8.78 Å². The molecule has 2 heterocycles. The van der Waals surface area contributed by atoms with E-state index in [1.807, 2.05) is 0 Å². The Kier molecular flexibility index (Phi) is 7.63. The third-order valence-corrected chi connectivity index (χ3v) is 12.2. The van der Waals surface area contributed by atoms with Gasteiger partial charge in [0.15, 0.2) is 0 Å². The molecule has 282 valence electrons. The Hall–Kier alpha value is -7.82. The third-order valence-electron chi connectivity index (χ3n) is 12.2. The van der Waals surface area contributed by atoms with E-state index >= 15 is 0 Å². The predicted molar refractivity (Wildman–Crippen MR) is 246 cm³/mol. The average molecular weight is 773 g/mol. The molecule has 0 aliphatic rings. The minimum atomic E-state index is -0.345. The summed E-state index contributed by atoms with van der Waals surface area (Å²) in [4.78, 5) is 0. The van der Waals surface area contributed by atoms with Crippen molar-refractivity contribution in [3.8, 4) is 44.8 Å². The van der Waals surface area contributed by atoms with Crippen molar-refractivity contribution >= 4 is 65.2 Å². The highest BCUT2D eigenvalue weighted by molar-refractivity contribution is 6.21. The van der Waals surface area contributed by atoms with Gasteiger partial charge in [0.25, 0.3) is 0 Å². The molecule has 10 aromatic carbocycles. The lowest BCUT2D eigenvalue weighted by Gasteiger charge is -2.18. The van der Waals surface area contributed by atoms with Crippen molar-refractivity contribution in [3.05, 3.63) is 218 Å². The molecule has 2 nitrogen and oxygen atoms in total. The summed E-state index contributed by atoms with van der Waals surface area (Å²) in [5.74, 6) is -0.690. The molecule has 0 saturated carbocycles. The van der Waals surface area contributed by atoms with Crippen LogP contribution < -0.4 is 0 Å². The van der Waals surface area contributed by atoms with E-state index in [-0.39, 0.29) is 11.6 Å². The largest absolute Gasteiger partial charge is 0.309 e. The minimum Gasteiger partial charge on any atom is -0.309 e. The maximum Gasteiger partial charge on any atom is 0.123 e. The molecule has 0 unspecified atom stereocenters. The van der Waals surface area contributed by atoms with Gasteiger partial charge in [0.05, 0.1) is 22.1 Å². The maximum atomic E-state index is 14.4. The van der Waals surface area contributed by atoms with Gasteiger partial charge in [-0.25, -0.2) is 8.78 Å². The van der Waals surface area contributed by atoms with Crippen molar-refractivity contribution in [2.24, 2.45) is 0 Å². The number of fused-ring (bicyclic) bond motifs is 8. The summed E-state index contributed by atoms with van der Waals surface area (Å²) in [6.07, 6.45) is 0. The lowest BCUT2D eigenvalue weighted by Crippen LogP contribution is -1.95. The zero-order valence-corrected chi connectivity index (χ0v) is 32.3. The monoisotopic (exact) mass is 772 g/mol. The van der Waals surface area contributed by atoms with Crippen LogP contribution in [0.2, 0.25) is 0 Å². The molecule has 0 aliphatic heterocycles. The van der Waals surface area contributed by atoms with Crippen molar-refractivity contribution in [2.45, 2.75) is 0 Å². The van der Waals surface area contributed by atoms with Crippen LogP contribution in [0, 0.1) is 11.6 Å². The Morgan fingerprint density at radius 3 is 1.13 bits per heavy atom. The molecule has 12 rings (SSSR count). The van der Waals surface area contributed by atoms with E-state index in [0.717, 1.165) is 44.6 Å². The Bertz CT molecular complexity index is 3540. The van der Waals surface area contributed by atoms with Crippen LogP contribution in [-0.2, 0) is 0 Å². The van der Waals surface area contributed by atoms with Crippen molar-refractivity contribution in [1.29, 1.82) is 0 Å². The van der Waals surface area contributed by atoms with E-state index < -0.39 is 0 Å². The molecule has 0 saturated heterocycles. The maximum absolute atomic E-state index is 14.4. The van der Waals surface area contributed by atoms with Crippen LogP contribution in [-0.4, -0.2) is 9.13 Å². The van der Waals surface area contributed by atoms with Gasteiger partial charge in [-0.15, -0.1) is 0 Å². The number of benzene rings is 10. The van der Waals surface area contributed by atoms with Gasteiger partial charge in [-0.3, -0.25) is 0 Å². The number of para-hydroxylation sites is 1. The summed E-state index contributed by atoms with van der Waals surface area (Å²) in [5, 5.41) is 8.70. The van der Waals surface area contributed by atoms with Gasteiger partial charge in [0.1, 0.15) is 11.6 Å². The lowest BCUT2D eigenvalue weighted by molar-refractivity contribution is 0.628. The molecule has 60 heavy (non-hydrogen) atoms. The second-order valence-electron chi connectivity index (χ2n) is 15.5. The first-order valence-electron chi connectivity index (χ1n) is 20.2. The zero-order valence-electron chi connectivity index (χ0n) is 32.3. The van der Waals surface area contributed by atoms with Crippen LogP contribution in [0.15, 0.2) is 206 Å². The molecule has 0 atom stereocenters. The second-order valence-corrected chi connectivity index (χ2v) is 15.5. The number of aromatic nitrogens is 2. The van der Waals surface area contributed by atoms with Gasteiger partial charge in [0, 0.05) is 32.9 Å². The molecule has 0 spiro atoms. The zero-order chi connectivity index (χ0) is 39.9. The standard InChI is InChI=1S/C56H34F2N2/c57-39-23-30-53-49(33-39)50-34-40(58)24-31-54(50)60(53)41-25-18-35(19-26-41)38-22-29-52-48(32-38)43-12-8-9-17-51(43)59(52)42-27-20-37(21-28-42)56-46-15-6-4-13-44(46)55(36-10-2-1-3-11-36)45-14-5-7-16-47(45)56/h1-34H. The Labute approximate surface area is 344 Å². The summed E-state index contributed by atoms with van der Waals surface area (Å²) in [6.45, 7) is 0. The first-order valence-corrected chi connectivity index (χ1v) is 20.2. The highest BCUT2D eigenvalue weighted by Crippen LogP contribution is 2.44. The minimum absolute atomic E-state index is 0.345. The van der Waals surface area contributed by atoms with Crippen LogP contribution in [0.5, 0.6) is 0 Å². The van der Waals surface area contributed by atoms with Gasteiger partial charge in [0.2, 0.25) is 0 Å². The van der Waals surface area contributed by atoms with Crippen molar-refractivity contribution in [2.75, 3.05) is 0 Å². The van der Waals surface area contributed by atoms with Crippen molar-refractivity contribution < 1.29 is 8.78 Å². The van der Waals surface area contributed by atoms with Crippen LogP contribution in [0.1, 0.15) is 0 Å². The SMILES string of the molecule is Fc1ccc2c(c1)c1cc(F)ccc1n2-c1ccc(-c2ccc3c(c2)c2ccccc2n3-c2ccc(-c3c4ccccc4c(-c4ccccc4)c4ccccc34)cc2)cc1. The highest BCUT2D eigenvalue weighted by atomic mass is 19.1. The smallest absolute Gasteiger partial charge is 0.123 e. The van der Waals surface area contributed by atoms with E-state index in [2.05, 4.69) is 179 Å². The molecule has 4 heteroatoms. The van der Waals surface area contributed by atoms with E-state index in [0.29, 0.717) is 10.8 Å². The summed E-state index contributed by atoms with van der Waals surface area (Å²) < 4.78 is 33.1. The first kappa shape index (κ1) is 34.2. The van der Waals surface area contributed by atoms with Gasteiger partial charge in [-0.05, 0) is 134 Å². The Morgan fingerprint density at radius 1 is 0.250 bits per heavy atom. The fourth-order valence-corrected chi connectivity index (χ4v) is 9.61. The number of hydrogen-bond donors (Lipinski definition) is 0. The van der Waals surface area contributed by atoms with Gasteiger partial charge < -0.3 is 9.13 Å². The molecule has 2 aromatic heterocycles. The highest BCUT2D eigenvalue weighted by Gasteiger charge is 2.19. The topological polar surface area (TPSA) is 9.86 Å². The number of hydrogen-bond acceptors (Lipinski definition) is 0. The van der Waals surface area contributed by atoms with Crippen LogP contribution in [0.3, 0.4) is 0 Å². The molecule has 0 fully saturated rings. The second kappa shape index (κ2) is 13.4. The normalized spacial score (nSPS) is 11.8. The fraction of sp³-hybridized carbons (Fsp3) is 0. The van der Waals surface area contributed by atoms with Gasteiger partial charge in [-0.2, -0.15) is 0 Å². The molecule has 12 aromatic rings. The fourth-order valence-electron chi connectivity index (χ4n) is 9.61. The molecule has 0 N–H and O–H groups in total. The summed E-state index contributed by atoms with van der Waals surface area (Å²) in [7, 11) is 0. The third kappa shape index (κ3) is 5.24. The number of halogens is 2. The van der Waals surface area contributed by atoms with Gasteiger partial charge in [-0.1, -0.05) is 127 Å². The molecule has 0 amide bonds. The van der Waals surface area contributed by atoms with E-state index in [1.54, 1.807) is 12.1 Å². The van der Waals surface area contributed by atoms with Crippen LogP contribution in [0.25, 0.3) is 110 Å². The number of rotatable bonds is 5. The number of nitrogens with zero attached hydrogens (tertiary/aromatic N) is 2. The summed E-state index contributed by atoms with van der Waals surface area (Å²) in [6, 6.07) is 70.5. The van der Waals surface area contributed by atoms with E-state index in [4.69, 9.17) is 0 Å². The summed E-state index contributed by atoms with van der Waals surface area (Å²) in [5.41, 5.74) is 13.1. The molecular weight excluding hydrogens is 739 g/mol. The van der Waals surface area contributed by atoms with Crippen LogP contribution >= 0.6 is 0 Å². The Balaban J connectivity index is 0.951. The molecular formula is C56H34F2N2. The first-order chi connectivity index (χ1) is 29.6. The van der Waals surface area contributed by atoms with Crippen molar-refractivity contribution in [1.82, 2.24) is 9.13 Å². The molecule has 0 radical (unpaired) electrons. The van der Waals surface area contributed by atoms with Gasteiger partial charge >= 0.3 is 0 Å².